The van der Waals surface area contributed by atoms with Crippen molar-refractivity contribution in [2.75, 3.05) is 25.0 Å². The van der Waals surface area contributed by atoms with Crippen LogP contribution in [0.15, 0.2) is 66.2 Å². The van der Waals surface area contributed by atoms with Crippen LogP contribution in [-0.2, 0) is 17.9 Å². The number of benzene rings is 1. The third kappa shape index (κ3) is 7.31. The Hall–Kier alpha value is -3.39. The highest BCUT2D eigenvalue weighted by Crippen LogP contribution is 2.18. The minimum atomic E-state index is -0.277. The van der Waals surface area contributed by atoms with Gasteiger partial charge in [0, 0.05) is 36.3 Å². The summed E-state index contributed by atoms with van der Waals surface area (Å²) in [6, 6.07) is 17.2. The van der Waals surface area contributed by atoms with Crippen LogP contribution in [0.25, 0.3) is 0 Å². The molecule has 0 atom stereocenters. The Morgan fingerprint density at radius 2 is 1.88 bits per heavy atom. The molecule has 7 nitrogen and oxygen atoms in total. The van der Waals surface area contributed by atoms with E-state index in [-0.39, 0.29) is 26.0 Å². The lowest BCUT2D eigenvalue weighted by Gasteiger charge is -2.31. The van der Waals surface area contributed by atoms with Crippen molar-refractivity contribution in [3.8, 4) is 0 Å². The van der Waals surface area contributed by atoms with Gasteiger partial charge in [-0.2, -0.15) is 0 Å². The van der Waals surface area contributed by atoms with E-state index in [2.05, 4.69) is 21.7 Å². The fourth-order valence-corrected chi connectivity index (χ4v) is 4.37. The first kappa shape index (κ1) is 25.2. The highest BCUT2D eigenvalue weighted by atomic mass is 32.1. The van der Waals surface area contributed by atoms with Crippen molar-refractivity contribution in [1.29, 1.82) is 0 Å². The van der Waals surface area contributed by atoms with Gasteiger partial charge in [0.1, 0.15) is 12.4 Å². The Morgan fingerprint density at radius 1 is 1.09 bits per heavy atom. The molecule has 1 aromatic carbocycles. The second kappa shape index (κ2) is 12.7. The highest BCUT2D eigenvalue weighted by molar-refractivity contribution is 7.09. The minimum absolute atomic E-state index is 0. The Kier molecular flexibility index (Phi) is 9.46. The molecule has 1 saturated heterocycles. The third-order valence-corrected chi connectivity index (χ3v) is 6.55. The number of amides is 2. The standard InChI is InChI=1S/C25H28N4O3S.CH4/c30-24(21-8-11-26-23(15-21)27-17-22-7-4-14-33-22)28-16-19-9-12-29(13-10-19)25(31)32-18-20-5-2-1-3-6-20;/h1-8,11,14-15,19H,9-10,12-13,16-18H2,(H,26,27)(H,28,30);1H4. The number of rotatable bonds is 8. The molecule has 0 bridgehead atoms. The first-order valence-corrected chi connectivity index (χ1v) is 12.0. The first-order chi connectivity index (χ1) is 16.2. The zero-order chi connectivity index (χ0) is 22.9. The number of piperidine rings is 1. The minimum Gasteiger partial charge on any atom is -0.445 e. The molecule has 0 spiro atoms. The summed E-state index contributed by atoms with van der Waals surface area (Å²) in [5.41, 5.74) is 1.56. The van der Waals surface area contributed by atoms with Gasteiger partial charge < -0.3 is 20.3 Å². The molecule has 34 heavy (non-hydrogen) atoms. The normalized spacial score (nSPS) is 13.6. The predicted molar refractivity (Wildman–Crippen MR) is 136 cm³/mol. The van der Waals surface area contributed by atoms with Gasteiger partial charge in [-0.25, -0.2) is 9.78 Å². The molecule has 0 aliphatic carbocycles. The molecule has 0 unspecified atom stereocenters. The number of pyridine rings is 1. The summed E-state index contributed by atoms with van der Waals surface area (Å²) in [6.45, 7) is 2.83. The van der Waals surface area contributed by atoms with Crippen LogP contribution >= 0.6 is 11.3 Å². The molecular weight excluding hydrogens is 448 g/mol. The lowest BCUT2D eigenvalue weighted by Crippen LogP contribution is -2.41. The van der Waals surface area contributed by atoms with Gasteiger partial charge in [0.2, 0.25) is 0 Å². The van der Waals surface area contributed by atoms with Crippen molar-refractivity contribution in [2.45, 2.75) is 33.4 Å². The number of hydrogen-bond acceptors (Lipinski definition) is 6. The topological polar surface area (TPSA) is 83.6 Å². The fraction of sp³-hybridized carbons (Fsp3) is 0.346. The maximum Gasteiger partial charge on any atom is 0.410 e. The molecule has 8 heteroatoms. The van der Waals surface area contributed by atoms with E-state index < -0.39 is 0 Å². The van der Waals surface area contributed by atoms with Crippen LogP contribution in [0.1, 0.15) is 41.1 Å². The van der Waals surface area contributed by atoms with Crippen LogP contribution in [0.4, 0.5) is 10.6 Å². The van der Waals surface area contributed by atoms with Crippen molar-refractivity contribution >= 4 is 29.2 Å². The number of ether oxygens (including phenoxy) is 1. The molecule has 0 radical (unpaired) electrons. The van der Waals surface area contributed by atoms with E-state index in [1.807, 2.05) is 41.8 Å². The number of nitrogens with one attached hydrogen (secondary N) is 2. The quantitative estimate of drug-likeness (QED) is 0.465. The maximum absolute atomic E-state index is 12.6. The van der Waals surface area contributed by atoms with Crippen molar-refractivity contribution in [3.05, 3.63) is 82.2 Å². The molecule has 2 amide bonds. The van der Waals surface area contributed by atoms with Gasteiger partial charge in [-0.1, -0.05) is 43.8 Å². The molecule has 180 valence electrons. The molecule has 1 aliphatic heterocycles. The number of thiophene rings is 1. The van der Waals surface area contributed by atoms with Crippen molar-refractivity contribution < 1.29 is 14.3 Å². The van der Waals surface area contributed by atoms with E-state index in [9.17, 15) is 9.59 Å². The van der Waals surface area contributed by atoms with Gasteiger partial charge in [0.25, 0.3) is 5.91 Å². The number of carbonyl (C=O) groups excluding carboxylic acids is 2. The molecule has 2 N–H and O–H groups in total. The number of nitrogens with zero attached hydrogens (tertiary/aromatic N) is 2. The predicted octanol–water partition coefficient (Wildman–Crippen LogP) is 5.17. The first-order valence-electron chi connectivity index (χ1n) is 11.1. The molecule has 3 heterocycles. The molecule has 0 saturated carbocycles. The fourth-order valence-electron chi connectivity index (χ4n) is 3.73. The molecule has 2 aromatic heterocycles. The zero-order valence-corrected chi connectivity index (χ0v) is 19.2. The van der Waals surface area contributed by atoms with E-state index in [1.165, 1.54) is 4.88 Å². The number of anilines is 1. The van der Waals surface area contributed by atoms with Gasteiger partial charge >= 0.3 is 6.09 Å². The molecule has 1 aliphatic rings. The van der Waals surface area contributed by atoms with Gasteiger partial charge in [-0.05, 0) is 47.9 Å². The SMILES string of the molecule is C.O=C(NCC1CCN(C(=O)OCc2ccccc2)CC1)c1ccnc(NCc2cccs2)c1. The van der Waals surface area contributed by atoms with Crippen molar-refractivity contribution in [2.24, 2.45) is 5.92 Å². The Bertz CT molecular complexity index is 1040. The van der Waals surface area contributed by atoms with Crippen molar-refractivity contribution in [3.63, 3.8) is 0 Å². The van der Waals surface area contributed by atoms with Crippen LogP contribution in [-0.4, -0.2) is 41.5 Å². The Labute approximate surface area is 205 Å². The van der Waals surface area contributed by atoms with E-state index in [4.69, 9.17) is 4.74 Å². The van der Waals surface area contributed by atoms with E-state index in [1.54, 1.807) is 34.6 Å². The van der Waals surface area contributed by atoms with Crippen LogP contribution in [0.5, 0.6) is 0 Å². The number of carbonyl (C=O) groups is 2. The molecule has 3 aromatic rings. The smallest absolute Gasteiger partial charge is 0.410 e. The monoisotopic (exact) mass is 480 g/mol. The van der Waals surface area contributed by atoms with Gasteiger partial charge in [0.05, 0.1) is 6.54 Å². The number of aromatic nitrogens is 1. The van der Waals surface area contributed by atoms with Crippen LogP contribution in [0.3, 0.4) is 0 Å². The van der Waals surface area contributed by atoms with Crippen LogP contribution in [0.2, 0.25) is 0 Å². The second-order valence-electron chi connectivity index (χ2n) is 8.04. The van der Waals surface area contributed by atoms with E-state index in [0.29, 0.717) is 43.5 Å². The largest absolute Gasteiger partial charge is 0.445 e. The lowest BCUT2D eigenvalue weighted by molar-refractivity contribution is 0.0801. The summed E-state index contributed by atoms with van der Waals surface area (Å²) >= 11 is 1.68. The van der Waals surface area contributed by atoms with Gasteiger partial charge in [-0.3, -0.25) is 4.79 Å². The van der Waals surface area contributed by atoms with Gasteiger partial charge in [-0.15, -0.1) is 11.3 Å². The van der Waals surface area contributed by atoms with Crippen LogP contribution < -0.4 is 10.6 Å². The van der Waals surface area contributed by atoms with Crippen LogP contribution in [0, 0.1) is 5.92 Å². The lowest BCUT2D eigenvalue weighted by atomic mass is 9.97. The summed E-state index contributed by atoms with van der Waals surface area (Å²) in [7, 11) is 0. The van der Waals surface area contributed by atoms with Gasteiger partial charge in [0.15, 0.2) is 0 Å². The Balaban J connectivity index is 0.00000324. The number of likely N-dealkylation sites (tertiary alicyclic amines) is 1. The Morgan fingerprint density at radius 3 is 2.62 bits per heavy atom. The van der Waals surface area contributed by atoms with E-state index in [0.717, 1.165) is 18.4 Å². The maximum atomic E-state index is 12.6. The second-order valence-corrected chi connectivity index (χ2v) is 9.08. The van der Waals surface area contributed by atoms with Crippen molar-refractivity contribution in [1.82, 2.24) is 15.2 Å². The summed E-state index contributed by atoms with van der Waals surface area (Å²) in [6.07, 6.45) is 3.04. The zero-order valence-electron chi connectivity index (χ0n) is 18.4. The average Bonchev–Trinajstić information content (AvgIpc) is 3.39. The summed E-state index contributed by atoms with van der Waals surface area (Å²) in [5.74, 6) is 0.907. The summed E-state index contributed by atoms with van der Waals surface area (Å²) in [4.78, 5) is 32.2. The average molecular weight is 481 g/mol. The third-order valence-electron chi connectivity index (χ3n) is 5.68. The molecule has 4 rings (SSSR count). The van der Waals surface area contributed by atoms with E-state index >= 15 is 0 Å². The highest BCUT2D eigenvalue weighted by Gasteiger charge is 2.24. The molecular formula is C26H32N4O3S. The summed E-state index contributed by atoms with van der Waals surface area (Å²) < 4.78 is 5.42. The number of hydrogen-bond donors (Lipinski definition) is 2. The molecule has 1 fully saturated rings. The summed E-state index contributed by atoms with van der Waals surface area (Å²) in [5, 5.41) is 8.32.